The minimum absolute atomic E-state index is 0.0632. The fraction of sp³-hybridized carbons (Fsp3) is 0.286. The number of thioether (sulfide) groups is 1. The first-order chi connectivity index (χ1) is 13.5. The summed E-state index contributed by atoms with van der Waals surface area (Å²) >= 11 is 4.84. The normalized spacial score (nSPS) is 13.5. The molecule has 0 unspecified atom stereocenters. The highest BCUT2D eigenvalue weighted by Crippen LogP contribution is 2.40. The largest absolute Gasteiger partial charge is 0.325 e. The van der Waals surface area contributed by atoms with Crippen molar-refractivity contribution in [3.63, 3.8) is 0 Å². The molecule has 2 aromatic carbocycles. The number of hydrogen-bond acceptors (Lipinski definition) is 4. The highest BCUT2D eigenvalue weighted by Gasteiger charge is 2.23. The van der Waals surface area contributed by atoms with Gasteiger partial charge in [-0.15, -0.1) is 10.2 Å². The van der Waals surface area contributed by atoms with E-state index in [1.165, 1.54) is 35.7 Å². The van der Waals surface area contributed by atoms with Gasteiger partial charge >= 0.3 is 0 Å². The number of rotatable bonds is 6. The Morgan fingerprint density at radius 3 is 2.61 bits per heavy atom. The molecule has 0 radical (unpaired) electrons. The Morgan fingerprint density at radius 1 is 1.18 bits per heavy atom. The van der Waals surface area contributed by atoms with Gasteiger partial charge in [-0.1, -0.05) is 41.6 Å². The second-order valence-corrected chi connectivity index (χ2v) is 8.76. The van der Waals surface area contributed by atoms with Crippen molar-refractivity contribution in [1.82, 2.24) is 14.8 Å². The molecule has 28 heavy (non-hydrogen) atoms. The summed E-state index contributed by atoms with van der Waals surface area (Å²) < 4.78 is 2.55. The summed E-state index contributed by atoms with van der Waals surface area (Å²) in [6.07, 6.45) is 2.57. The molecule has 1 N–H and O–H groups in total. The number of carbonyl (C=O) groups excluding carboxylic acids is 1. The van der Waals surface area contributed by atoms with Crippen LogP contribution in [0.1, 0.15) is 35.4 Å². The molecule has 0 atom stereocenters. The lowest BCUT2D eigenvalue weighted by atomic mass is 10.1. The van der Waals surface area contributed by atoms with E-state index in [4.69, 9.17) is 0 Å². The van der Waals surface area contributed by atoms with Gasteiger partial charge in [0.05, 0.1) is 11.4 Å². The van der Waals surface area contributed by atoms with Gasteiger partial charge in [0.15, 0.2) is 5.16 Å². The van der Waals surface area contributed by atoms with Gasteiger partial charge in [0.2, 0.25) is 10.6 Å². The Hall–Kier alpha value is -2.12. The van der Waals surface area contributed by atoms with Crippen molar-refractivity contribution in [2.75, 3.05) is 11.1 Å². The number of aromatic nitrogens is 3. The fourth-order valence-corrected chi connectivity index (χ4v) is 4.47. The van der Waals surface area contributed by atoms with E-state index >= 15 is 0 Å². The van der Waals surface area contributed by atoms with Crippen molar-refractivity contribution >= 4 is 39.3 Å². The third-order valence-electron chi connectivity index (χ3n) is 4.78. The van der Waals surface area contributed by atoms with Crippen molar-refractivity contribution in [2.24, 2.45) is 0 Å². The molecule has 5 nitrogen and oxygen atoms in total. The molecule has 3 aromatic rings. The number of benzene rings is 2. The third kappa shape index (κ3) is 4.31. The Labute approximate surface area is 177 Å². The van der Waals surface area contributed by atoms with Crippen LogP contribution in [0.4, 0.5) is 5.69 Å². The molecule has 7 heteroatoms. The molecule has 1 aromatic heterocycles. The first-order valence-electron chi connectivity index (χ1n) is 9.22. The number of nitrogens with one attached hydrogen (secondary N) is 1. The Morgan fingerprint density at radius 2 is 1.93 bits per heavy atom. The van der Waals surface area contributed by atoms with E-state index in [0.717, 1.165) is 22.9 Å². The van der Waals surface area contributed by atoms with E-state index in [-0.39, 0.29) is 11.7 Å². The van der Waals surface area contributed by atoms with Gasteiger partial charge in [0.1, 0.15) is 0 Å². The lowest BCUT2D eigenvalue weighted by Crippen LogP contribution is -2.15. The smallest absolute Gasteiger partial charge is 0.234 e. The van der Waals surface area contributed by atoms with Crippen molar-refractivity contribution in [3.05, 3.63) is 63.9 Å². The molecule has 0 spiro atoms. The van der Waals surface area contributed by atoms with Crippen LogP contribution in [0.5, 0.6) is 0 Å². The topological polar surface area (TPSA) is 59.8 Å². The van der Waals surface area contributed by atoms with Crippen LogP contribution in [-0.4, -0.2) is 26.4 Å². The van der Waals surface area contributed by atoms with E-state index in [1.54, 1.807) is 0 Å². The monoisotopic (exact) mass is 456 g/mol. The fourth-order valence-electron chi connectivity index (χ4n) is 3.15. The third-order valence-corrected chi connectivity index (χ3v) is 6.22. The Bertz CT molecular complexity index is 1010. The van der Waals surface area contributed by atoms with Crippen LogP contribution < -0.4 is 5.32 Å². The minimum Gasteiger partial charge on any atom is -0.325 e. The summed E-state index contributed by atoms with van der Waals surface area (Å²) in [5.41, 5.74) is 5.44. The highest BCUT2D eigenvalue weighted by molar-refractivity contribution is 9.10. The van der Waals surface area contributed by atoms with E-state index < -0.39 is 0 Å². The molecular weight excluding hydrogens is 436 g/mol. The van der Waals surface area contributed by atoms with Gasteiger partial charge in [-0.3, -0.25) is 9.36 Å². The van der Waals surface area contributed by atoms with E-state index in [1.807, 2.05) is 30.5 Å². The summed E-state index contributed by atoms with van der Waals surface area (Å²) in [6, 6.07) is 14.5. The second kappa shape index (κ2) is 8.09. The number of halogens is 1. The van der Waals surface area contributed by atoms with Gasteiger partial charge in [0.25, 0.3) is 0 Å². The van der Waals surface area contributed by atoms with E-state index in [0.29, 0.717) is 9.89 Å². The van der Waals surface area contributed by atoms with Gasteiger partial charge in [-0.25, -0.2) is 0 Å². The van der Waals surface area contributed by atoms with Crippen LogP contribution in [0, 0.1) is 13.8 Å². The van der Waals surface area contributed by atoms with Crippen molar-refractivity contribution in [2.45, 2.75) is 37.8 Å². The van der Waals surface area contributed by atoms with Gasteiger partial charge < -0.3 is 5.32 Å². The van der Waals surface area contributed by atoms with Crippen LogP contribution in [-0.2, 0) is 4.79 Å². The SMILES string of the molecule is Cc1ccc(NC(=O)CSc2nnc(Br)n2-c2ccc(C3CC3)cc2)c(C)c1. The summed E-state index contributed by atoms with van der Waals surface area (Å²) in [6.45, 7) is 4.03. The summed E-state index contributed by atoms with van der Waals surface area (Å²) in [7, 11) is 0. The second-order valence-electron chi connectivity index (χ2n) is 7.11. The molecule has 1 heterocycles. The number of hydrogen-bond donors (Lipinski definition) is 1. The zero-order valence-electron chi connectivity index (χ0n) is 15.8. The lowest BCUT2D eigenvalue weighted by molar-refractivity contribution is -0.113. The van der Waals surface area contributed by atoms with Gasteiger partial charge in [-0.05, 0) is 77.9 Å². The molecule has 144 valence electrons. The summed E-state index contributed by atoms with van der Waals surface area (Å²) in [5.74, 6) is 0.923. The van der Waals surface area contributed by atoms with E-state index in [2.05, 4.69) is 61.8 Å². The molecular formula is C21H21BrN4OS. The standard InChI is InChI=1S/C21H21BrN4OS/c1-13-3-10-18(14(2)11-13)23-19(27)12-28-21-25-24-20(22)26(21)17-8-6-16(7-9-17)15-4-5-15/h3,6-11,15H,4-5,12H2,1-2H3,(H,23,27). The number of carbonyl (C=O) groups is 1. The van der Waals surface area contributed by atoms with E-state index in [9.17, 15) is 4.79 Å². The first kappa shape index (κ1) is 19.2. The number of amides is 1. The molecule has 0 bridgehead atoms. The maximum absolute atomic E-state index is 12.4. The molecule has 0 aliphatic heterocycles. The first-order valence-corrected chi connectivity index (χ1v) is 11.0. The quantitative estimate of drug-likeness (QED) is 0.514. The van der Waals surface area contributed by atoms with Crippen LogP contribution in [0.15, 0.2) is 52.4 Å². The van der Waals surface area contributed by atoms with Crippen molar-refractivity contribution in [1.29, 1.82) is 0 Å². The van der Waals surface area contributed by atoms with Crippen LogP contribution in [0.3, 0.4) is 0 Å². The molecule has 1 aliphatic rings. The average molecular weight is 457 g/mol. The molecule has 1 amide bonds. The molecule has 4 rings (SSSR count). The molecule has 1 fully saturated rings. The van der Waals surface area contributed by atoms with Crippen molar-refractivity contribution < 1.29 is 4.79 Å². The maximum Gasteiger partial charge on any atom is 0.234 e. The Kier molecular flexibility index (Phi) is 5.55. The van der Waals surface area contributed by atoms with Crippen LogP contribution >= 0.6 is 27.7 Å². The predicted octanol–water partition coefficient (Wildman–Crippen LogP) is 5.25. The number of nitrogens with zero attached hydrogens (tertiary/aromatic N) is 3. The van der Waals surface area contributed by atoms with Gasteiger partial charge in [0, 0.05) is 5.69 Å². The number of anilines is 1. The van der Waals surface area contributed by atoms with Gasteiger partial charge in [-0.2, -0.15) is 0 Å². The molecule has 0 saturated heterocycles. The van der Waals surface area contributed by atoms with Crippen molar-refractivity contribution in [3.8, 4) is 5.69 Å². The highest BCUT2D eigenvalue weighted by atomic mass is 79.9. The zero-order chi connectivity index (χ0) is 19.7. The zero-order valence-corrected chi connectivity index (χ0v) is 18.2. The molecule has 1 saturated carbocycles. The summed E-state index contributed by atoms with van der Waals surface area (Å²) in [4.78, 5) is 12.4. The minimum atomic E-state index is -0.0632. The van der Waals surface area contributed by atoms with Crippen LogP contribution in [0.2, 0.25) is 0 Å². The Balaban J connectivity index is 1.44. The lowest BCUT2D eigenvalue weighted by Gasteiger charge is -2.10. The average Bonchev–Trinajstić information content (AvgIpc) is 3.46. The predicted molar refractivity (Wildman–Crippen MR) is 116 cm³/mol. The number of aryl methyl sites for hydroxylation is 2. The van der Waals surface area contributed by atoms with Crippen LogP contribution in [0.25, 0.3) is 5.69 Å². The summed E-state index contributed by atoms with van der Waals surface area (Å²) in [5, 5.41) is 12.0. The maximum atomic E-state index is 12.4. The molecule has 1 aliphatic carbocycles.